The fraction of sp³-hybridized carbons (Fsp3) is 0.462. The maximum Gasteiger partial charge on any atom is 0.143 e. The van der Waals surface area contributed by atoms with Gasteiger partial charge >= 0.3 is 0 Å². The van der Waals surface area contributed by atoms with Crippen LogP contribution in [0.2, 0.25) is 0 Å². The molecule has 0 aromatic heterocycles. The zero-order valence-electron chi connectivity index (χ0n) is 9.90. The van der Waals surface area contributed by atoms with Crippen LogP contribution in [-0.4, -0.2) is 24.7 Å². The Labute approximate surface area is 106 Å². The lowest BCUT2D eigenvalue weighted by Gasteiger charge is -2.24. The van der Waals surface area contributed by atoms with Crippen molar-refractivity contribution in [3.05, 3.63) is 23.8 Å². The minimum absolute atomic E-state index is 0.526. The number of benzene rings is 1. The molecule has 0 bridgehead atoms. The van der Waals surface area contributed by atoms with E-state index in [1.165, 1.54) is 24.3 Å². The molecule has 17 heavy (non-hydrogen) atoms. The molecule has 1 fully saturated rings. The van der Waals surface area contributed by atoms with Gasteiger partial charge in [-0.2, -0.15) is 17.0 Å². The lowest BCUT2D eigenvalue weighted by molar-refractivity contribution is 0.415. The topological polar surface area (TPSA) is 45.0 Å². The van der Waals surface area contributed by atoms with Gasteiger partial charge in [-0.25, -0.2) is 0 Å². The Morgan fingerprint density at radius 3 is 2.82 bits per heavy atom. The summed E-state index contributed by atoms with van der Waals surface area (Å²) in [6.45, 7) is 0. The fourth-order valence-electron chi connectivity index (χ4n) is 1.94. The van der Waals surface area contributed by atoms with E-state index in [1.807, 2.05) is 23.9 Å². The predicted octanol–water partition coefficient (Wildman–Crippen LogP) is 2.87. The molecule has 0 amide bonds. The molecular formula is C13H16N2OS. The van der Waals surface area contributed by atoms with Crippen LogP contribution in [0.5, 0.6) is 5.75 Å². The fourth-order valence-corrected chi connectivity index (χ4v) is 3.05. The molecule has 1 saturated heterocycles. The summed E-state index contributed by atoms with van der Waals surface area (Å²) >= 11 is 2.01. The Bertz CT molecular complexity index is 422. The number of nitrogens with one attached hydrogen (secondary N) is 1. The average molecular weight is 248 g/mol. The second kappa shape index (κ2) is 5.83. The van der Waals surface area contributed by atoms with E-state index in [1.54, 1.807) is 13.2 Å². The van der Waals surface area contributed by atoms with Gasteiger partial charge in [0.25, 0.3) is 0 Å². The molecule has 0 spiro atoms. The summed E-state index contributed by atoms with van der Waals surface area (Å²) in [6.07, 6.45) is 2.38. The van der Waals surface area contributed by atoms with Crippen molar-refractivity contribution in [2.75, 3.05) is 23.9 Å². The summed E-state index contributed by atoms with van der Waals surface area (Å²) in [4.78, 5) is 0. The van der Waals surface area contributed by atoms with Crippen LogP contribution in [0.4, 0.5) is 5.69 Å². The van der Waals surface area contributed by atoms with Gasteiger partial charge < -0.3 is 10.1 Å². The summed E-state index contributed by atoms with van der Waals surface area (Å²) in [5.41, 5.74) is 1.62. The number of rotatable bonds is 3. The number of methoxy groups -OCH3 is 1. The van der Waals surface area contributed by atoms with E-state index in [-0.39, 0.29) is 0 Å². The normalized spacial score (nSPS) is 16.2. The highest BCUT2D eigenvalue weighted by atomic mass is 32.2. The zero-order valence-corrected chi connectivity index (χ0v) is 10.7. The largest absolute Gasteiger partial charge is 0.495 e. The van der Waals surface area contributed by atoms with Gasteiger partial charge in [0.15, 0.2) is 0 Å². The van der Waals surface area contributed by atoms with Gasteiger partial charge in [-0.05, 0) is 36.5 Å². The van der Waals surface area contributed by atoms with Crippen molar-refractivity contribution in [2.45, 2.75) is 18.9 Å². The van der Waals surface area contributed by atoms with Crippen LogP contribution in [0.25, 0.3) is 0 Å². The van der Waals surface area contributed by atoms with Gasteiger partial charge in [0.1, 0.15) is 5.75 Å². The van der Waals surface area contributed by atoms with Crippen molar-refractivity contribution >= 4 is 17.4 Å². The van der Waals surface area contributed by atoms with E-state index in [0.717, 1.165) is 11.4 Å². The summed E-state index contributed by atoms with van der Waals surface area (Å²) in [6, 6.07) is 8.18. The van der Waals surface area contributed by atoms with Crippen LogP contribution in [0.15, 0.2) is 18.2 Å². The minimum Gasteiger partial charge on any atom is -0.495 e. The molecule has 1 heterocycles. The highest BCUT2D eigenvalue weighted by molar-refractivity contribution is 7.99. The lowest BCUT2D eigenvalue weighted by atomic mass is 10.1. The number of ether oxygens (including phenoxy) is 1. The van der Waals surface area contributed by atoms with Crippen LogP contribution >= 0.6 is 11.8 Å². The summed E-state index contributed by atoms with van der Waals surface area (Å²) in [5.74, 6) is 3.19. The highest BCUT2D eigenvalue weighted by Gasteiger charge is 2.15. The van der Waals surface area contributed by atoms with Crippen LogP contribution in [0, 0.1) is 11.3 Å². The van der Waals surface area contributed by atoms with E-state index in [9.17, 15) is 0 Å². The Kier molecular flexibility index (Phi) is 4.16. The molecule has 4 heteroatoms. The van der Waals surface area contributed by atoms with Gasteiger partial charge in [0, 0.05) is 12.1 Å². The van der Waals surface area contributed by atoms with Crippen LogP contribution in [0.1, 0.15) is 18.4 Å². The molecule has 2 rings (SSSR count). The van der Waals surface area contributed by atoms with Crippen molar-refractivity contribution in [1.29, 1.82) is 5.26 Å². The van der Waals surface area contributed by atoms with E-state index in [0.29, 0.717) is 11.6 Å². The third-order valence-electron chi connectivity index (χ3n) is 2.91. The molecule has 0 radical (unpaired) electrons. The number of hydrogen-bond donors (Lipinski definition) is 1. The Hall–Kier alpha value is -1.34. The molecule has 1 N–H and O–H groups in total. The van der Waals surface area contributed by atoms with Crippen molar-refractivity contribution in [1.82, 2.24) is 0 Å². The first kappa shape index (κ1) is 12.1. The Balaban J connectivity index is 2.11. The maximum absolute atomic E-state index is 8.84. The van der Waals surface area contributed by atoms with Crippen LogP contribution in [-0.2, 0) is 0 Å². The Morgan fingerprint density at radius 1 is 1.41 bits per heavy atom. The third-order valence-corrected chi connectivity index (χ3v) is 3.96. The minimum atomic E-state index is 0.526. The quantitative estimate of drug-likeness (QED) is 0.893. The second-order valence-corrected chi connectivity index (χ2v) is 5.28. The van der Waals surface area contributed by atoms with E-state index < -0.39 is 0 Å². The van der Waals surface area contributed by atoms with Crippen molar-refractivity contribution in [3.8, 4) is 11.8 Å². The van der Waals surface area contributed by atoms with Gasteiger partial charge in [-0.3, -0.25) is 0 Å². The molecule has 0 atom stereocenters. The first-order chi connectivity index (χ1) is 8.33. The third kappa shape index (κ3) is 3.07. The molecule has 90 valence electrons. The average Bonchev–Trinajstić information content (AvgIpc) is 2.40. The second-order valence-electron chi connectivity index (χ2n) is 4.06. The number of nitriles is 1. The van der Waals surface area contributed by atoms with E-state index >= 15 is 0 Å². The molecule has 0 aliphatic carbocycles. The summed E-state index contributed by atoms with van der Waals surface area (Å²) in [7, 11) is 1.64. The first-order valence-electron chi connectivity index (χ1n) is 5.76. The molecule has 1 aliphatic rings. The predicted molar refractivity (Wildman–Crippen MR) is 71.7 cm³/mol. The van der Waals surface area contributed by atoms with Crippen molar-refractivity contribution in [3.63, 3.8) is 0 Å². The standard InChI is InChI=1S/C13H16N2OS/c1-16-13-8-10(9-14)2-3-12(13)15-11-4-6-17-7-5-11/h2-3,8,11,15H,4-7H2,1H3. The van der Waals surface area contributed by atoms with Gasteiger partial charge in [-0.1, -0.05) is 0 Å². The number of thioether (sulfide) groups is 1. The number of nitrogens with zero attached hydrogens (tertiary/aromatic N) is 1. The Morgan fingerprint density at radius 2 is 2.18 bits per heavy atom. The molecular weight excluding hydrogens is 232 g/mol. The van der Waals surface area contributed by atoms with E-state index in [4.69, 9.17) is 10.00 Å². The smallest absolute Gasteiger partial charge is 0.143 e. The van der Waals surface area contributed by atoms with Crippen LogP contribution < -0.4 is 10.1 Å². The molecule has 0 unspecified atom stereocenters. The molecule has 1 aromatic carbocycles. The number of anilines is 1. The highest BCUT2D eigenvalue weighted by Crippen LogP contribution is 2.28. The summed E-state index contributed by atoms with van der Waals surface area (Å²) < 4.78 is 5.31. The molecule has 0 saturated carbocycles. The van der Waals surface area contributed by atoms with Crippen molar-refractivity contribution < 1.29 is 4.74 Å². The molecule has 1 aliphatic heterocycles. The van der Waals surface area contributed by atoms with Gasteiger partial charge in [0.2, 0.25) is 0 Å². The van der Waals surface area contributed by atoms with Crippen molar-refractivity contribution in [2.24, 2.45) is 0 Å². The monoisotopic (exact) mass is 248 g/mol. The zero-order chi connectivity index (χ0) is 12.1. The van der Waals surface area contributed by atoms with Gasteiger partial charge in [-0.15, -0.1) is 0 Å². The summed E-state index contributed by atoms with van der Waals surface area (Å²) in [5, 5.41) is 12.3. The van der Waals surface area contributed by atoms with E-state index in [2.05, 4.69) is 11.4 Å². The maximum atomic E-state index is 8.84. The molecule has 3 nitrogen and oxygen atoms in total. The lowest BCUT2D eigenvalue weighted by Crippen LogP contribution is -2.24. The molecule has 1 aromatic rings. The SMILES string of the molecule is COc1cc(C#N)ccc1NC1CCSCC1. The number of hydrogen-bond acceptors (Lipinski definition) is 4. The van der Waals surface area contributed by atoms with Crippen LogP contribution in [0.3, 0.4) is 0 Å². The first-order valence-corrected chi connectivity index (χ1v) is 6.91. The van der Waals surface area contributed by atoms with Gasteiger partial charge in [0.05, 0.1) is 24.4 Å².